The van der Waals surface area contributed by atoms with Gasteiger partial charge in [-0.25, -0.2) is 8.42 Å². The zero-order valence-electron chi connectivity index (χ0n) is 16.6. The summed E-state index contributed by atoms with van der Waals surface area (Å²) in [4.78, 5) is 9.53. The maximum absolute atomic E-state index is 12.2. The van der Waals surface area contributed by atoms with Crippen molar-refractivity contribution in [2.24, 2.45) is 10.9 Å². The Balaban J connectivity index is 2.03. The molecule has 0 bridgehead atoms. The lowest BCUT2D eigenvalue weighted by atomic mass is 9.97. The Labute approximate surface area is 154 Å². The van der Waals surface area contributed by atoms with Gasteiger partial charge in [-0.1, -0.05) is 0 Å². The average Bonchev–Trinajstić information content (AvgIpc) is 2.54. The monoisotopic (exact) mass is 372 g/mol. The molecule has 2 rings (SSSR count). The van der Waals surface area contributed by atoms with Crippen molar-refractivity contribution in [3.63, 3.8) is 0 Å². The molecule has 2 aliphatic heterocycles. The predicted octanol–water partition coefficient (Wildman–Crippen LogP) is 1.58. The molecular weight excluding hydrogens is 336 g/mol. The van der Waals surface area contributed by atoms with E-state index in [-0.39, 0.29) is 5.75 Å². The average molecular weight is 373 g/mol. The van der Waals surface area contributed by atoms with Crippen LogP contribution in [0.1, 0.15) is 47.5 Å². The van der Waals surface area contributed by atoms with Crippen molar-refractivity contribution < 1.29 is 8.42 Å². The second-order valence-electron chi connectivity index (χ2n) is 8.29. The first-order valence-corrected chi connectivity index (χ1v) is 11.3. The van der Waals surface area contributed by atoms with Crippen molar-refractivity contribution >= 4 is 15.8 Å². The van der Waals surface area contributed by atoms with Crippen molar-refractivity contribution in [1.29, 1.82) is 0 Å². The Morgan fingerprint density at radius 2 is 2.04 bits per heavy atom. The molecular formula is C18H36N4O2S. The fraction of sp³-hybridized carbons (Fsp3) is 0.944. The summed E-state index contributed by atoms with van der Waals surface area (Å²) in [7, 11) is -3.03. The molecule has 0 radical (unpaired) electrons. The van der Waals surface area contributed by atoms with Crippen LogP contribution in [0, 0.1) is 5.92 Å². The Hall–Kier alpha value is -0.820. The van der Waals surface area contributed by atoms with Gasteiger partial charge in [-0.05, 0) is 59.9 Å². The van der Waals surface area contributed by atoms with E-state index in [4.69, 9.17) is 4.99 Å². The van der Waals surface area contributed by atoms with Gasteiger partial charge in [0.1, 0.15) is 0 Å². The molecule has 146 valence electrons. The van der Waals surface area contributed by atoms with Crippen LogP contribution in [0.25, 0.3) is 0 Å². The van der Waals surface area contributed by atoms with Gasteiger partial charge in [-0.15, -0.1) is 0 Å². The lowest BCUT2D eigenvalue weighted by molar-refractivity contribution is 0.143. The van der Waals surface area contributed by atoms with Crippen LogP contribution in [0.3, 0.4) is 0 Å². The molecule has 1 N–H and O–H groups in total. The van der Waals surface area contributed by atoms with Crippen LogP contribution in [0.2, 0.25) is 0 Å². The predicted molar refractivity (Wildman–Crippen MR) is 105 cm³/mol. The van der Waals surface area contributed by atoms with Crippen LogP contribution >= 0.6 is 0 Å². The molecule has 0 aromatic rings. The van der Waals surface area contributed by atoms with Crippen molar-refractivity contribution in [2.75, 3.05) is 45.0 Å². The topological polar surface area (TPSA) is 65.0 Å². The molecule has 1 atom stereocenters. The number of hydrogen-bond acceptors (Lipinski definition) is 4. The van der Waals surface area contributed by atoms with Gasteiger partial charge < -0.3 is 15.1 Å². The molecule has 2 heterocycles. The molecule has 2 saturated heterocycles. The molecule has 6 nitrogen and oxygen atoms in total. The molecule has 2 aliphatic rings. The third kappa shape index (κ3) is 5.09. The highest BCUT2D eigenvalue weighted by atomic mass is 32.2. The molecule has 0 saturated carbocycles. The minimum absolute atomic E-state index is 0.203. The van der Waals surface area contributed by atoms with Gasteiger partial charge in [-0.3, -0.25) is 4.99 Å². The number of rotatable bonds is 4. The Bertz CT molecular complexity index is 572. The van der Waals surface area contributed by atoms with Crippen LogP contribution < -0.4 is 5.32 Å². The van der Waals surface area contributed by atoms with Gasteiger partial charge in [-0.2, -0.15) is 0 Å². The van der Waals surface area contributed by atoms with Crippen molar-refractivity contribution in [3.8, 4) is 0 Å². The van der Waals surface area contributed by atoms with E-state index in [1.165, 1.54) is 19.4 Å². The van der Waals surface area contributed by atoms with E-state index in [1.54, 1.807) is 0 Å². The fourth-order valence-corrected chi connectivity index (χ4v) is 5.05. The lowest BCUT2D eigenvalue weighted by Gasteiger charge is -2.39. The number of aliphatic imine (C=N–C) groups is 1. The van der Waals surface area contributed by atoms with Crippen molar-refractivity contribution in [3.05, 3.63) is 0 Å². The summed E-state index contributed by atoms with van der Waals surface area (Å²) in [5.74, 6) is 1.66. The summed E-state index contributed by atoms with van der Waals surface area (Å²) in [6.45, 7) is 15.2. The number of sulfone groups is 1. The standard InChI is InChI=1S/C18H36N4O2S/c1-6-19-17(22-10-11-25(23,24)18(4,5)14-22)20-12-16-8-7-9-21(13-16)15(2)3/h15-16H,6-14H2,1-5H3,(H,19,20). The Kier molecular flexibility index (Phi) is 6.76. The van der Waals surface area contributed by atoms with E-state index in [0.717, 1.165) is 25.6 Å². The first-order valence-electron chi connectivity index (χ1n) is 9.66. The SMILES string of the molecule is CCNC(=NCC1CCCN(C(C)C)C1)N1CCS(=O)(=O)C(C)(C)C1. The number of likely N-dealkylation sites (tertiary alicyclic amines) is 1. The number of guanidine groups is 1. The first kappa shape index (κ1) is 20.5. The van der Waals surface area contributed by atoms with Gasteiger partial charge in [0.25, 0.3) is 0 Å². The molecule has 0 spiro atoms. The third-order valence-corrected chi connectivity index (χ3v) is 7.99. The maximum atomic E-state index is 12.2. The summed E-state index contributed by atoms with van der Waals surface area (Å²) < 4.78 is 23.8. The van der Waals surface area contributed by atoms with E-state index >= 15 is 0 Å². The van der Waals surface area contributed by atoms with Crippen LogP contribution in [-0.4, -0.2) is 80.0 Å². The highest BCUT2D eigenvalue weighted by Gasteiger charge is 2.41. The van der Waals surface area contributed by atoms with Gasteiger partial charge in [0.2, 0.25) is 0 Å². The van der Waals surface area contributed by atoms with Crippen LogP contribution in [0.5, 0.6) is 0 Å². The summed E-state index contributed by atoms with van der Waals surface area (Å²) >= 11 is 0. The van der Waals surface area contributed by atoms with E-state index in [1.807, 2.05) is 13.8 Å². The first-order chi connectivity index (χ1) is 11.7. The second kappa shape index (κ2) is 8.25. The quantitative estimate of drug-likeness (QED) is 0.600. The Morgan fingerprint density at radius 3 is 2.64 bits per heavy atom. The van der Waals surface area contributed by atoms with Crippen LogP contribution in [0.15, 0.2) is 4.99 Å². The molecule has 0 aromatic carbocycles. The normalized spacial score (nSPS) is 27.5. The molecule has 25 heavy (non-hydrogen) atoms. The van der Waals surface area contributed by atoms with Crippen LogP contribution in [0.4, 0.5) is 0 Å². The molecule has 2 fully saturated rings. The summed E-state index contributed by atoms with van der Waals surface area (Å²) in [5.41, 5.74) is 0. The summed E-state index contributed by atoms with van der Waals surface area (Å²) in [6.07, 6.45) is 2.47. The van der Waals surface area contributed by atoms with Crippen LogP contribution in [-0.2, 0) is 9.84 Å². The lowest BCUT2D eigenvalue weighted by Crippen LogP contribution is -2.57. The van der Waals surface area contributed by atoms with Gasteiger partial charge in [0.05, 0.1) is 10.5 Å². The van der Waals surface area contributed by atoms with E-state index in [9.17, 15) is 8.42 Å². The number of nitrogens with one attached hydrogen (secondary N) is 1. The molecule has 1 unspecified atom stereocenters. The molecule has 0 aromatic heterocycles. The molecule has 7 heteroatoms. The summed E-state index contributed by atoms with van der Waals surface area (Å²) in [6, 6.07) is 0.591. The fourth-order valence-electron chi connectivity index (χ4n) is 3.68. The minimum Gasteiger partial charge on any atom is -0.357 e. The summed E-state index contributed by atoms with van der Waals surface area (Å²) in [5, 5.41) is 3.36. The number of piperidine rings is 1. The van der Waals surface area contributed by atoms with Gasteiger partial charge in [0, 0.05) is 38.8 Å². The largest absolute Gasteiger partial charge is 0.357 e. The highest BCUT2D eigenvalue weighted by Crippen LogP contribution is 2.24. The second-order valence-corrected chi connectivity index (χ2v) is 11.0. The zero-order chi connectivity index (χ0) is 18.7. The van der Waals surface area contributed by atoms with E-state index in [2.05, 4.69) is 35.9 Å². The number of hydrogen-bond donors (Lipinski definition) is 1. The minimum atomic E-state index is -3.03. The Morgan fingerprint density at radius 1 is 1.32 bits per heavy atom. The van der Waals surface area contributed by atoms with E-state index in [0.29, 0.717) is 25.0 Å². The van der Waals surface area contributed by atoms with Crippen molar-refractivity contribution in [1.82, 2.24) is 15.1 Å². The highest BCUT2D eigenvalue weighted by molar-refractivity contribution is 7.92. The van der Waals surface area contributed by atoms with Crippen molar-refractivity contribution in [2.45, 2.75) is 58.2 Å². The number of nitrogens with zero attached hydrogens (tertiary/aromatic N) is 3. The maximum Gasteiger partial charge on any atom is 0.194 e. The smallest absolute Gasteiger partial charge is 0.194 e. The molecule has 0 amide bonds. The van der Waals surface area contributed by atoms with E-state index < -0.39 is 14.6 Å². The zero-order valence-corrected chi connectivity index (χ0v) is 17.4. The van der Waals surface area contributed by atoms with Gasteiger partial charge in [0.15, 0.2) is 15.8 Å². The third-order valence-electron chi connectivity index (χ3n) is 5.46. The molecule has 0 aliphatic carbocycles. The van der Waals surface area contributed by atoms with Gasteiger partial charge >= 0.3 is 0 Å².